The molecule has 0 radical (unpaired) electrons. The van der Waals surface area contributed by atoms with E-state index in [2.05, 4.69) is 0 Å². The molecule has 0 bridgehead atoms. The van der Waals surface area contributed by atoms with Crippen LogP contribution in [-0.4, -0.2) is 35.0 Å². The van der Waals surface area contributed by atoms with Crippen molar-refractivity contribution >= 4 is 10.9 Å². The number of hydrogen-bond acceptors (Lipinski definition) is 5. The zero-order chi connectivity index (χ0) is 22.3. The molecule has 31 heavy (non-hydrogen) atoms. The highest BCUT2D eigenvalue weighted by Gasteiger charge is 2.22. The molecule has 0 saturated carbocycles. The van der Waals surface area contributed by atoms with Gasteiger partial charge >= 0.3 is 5.69 Å². The summed E-state index contributed by atoms with van der Waals surface area (Å²) in [4.78, 5) is 25.7. The third-order valence-electron chi connectivity index (χ3n) is 5.45. The van der Waals surface area contributed by atoms with E-state index in [0.29, 0.717) is 39.5 Å². The molecule has 0 spiro atoms. The van der Waals surface area contributed by atoms with Crippen molar-refractivity contribution in [2.45, 2.75) is 0 Å². The average Bonchev–Trinajstić information content (AvgIpc) is 3.21. The molecule has 0 unspecified atom stereocenters. The van der Waals surface area contributed by atoms with Crippen molar-refractivity contribution < 1.29 is 14.2 Å². The number of aromatic nitrogens is 3. The van der Waals surface area contributed by atoms with Crippen LogP contribution in [0.15, 0.2) is 58.3 Å². The van der Waals surface area contributed by atoms with E-state index in [1.54, 1.807) is 40.6 Å². The van der Waals surface area contributed by atoms with Crippen molar-refractivity contribution in [1.29, 1.82) is 0 Å². The molecule has 8 heteroatoms. The minimum atomic E-state index is -0.391. The monoisotopic (exact) mass is 421 g/mol. The Kier molecular flexibility index (Phi) is 5.06. The lowest BCUT2D eigenvalue weighted by Crippen LogP contribution is -2.36. The molecule has 4 aromatic rings. The molecule has 2 aromatic heterocycles. The standard InChI is InChI=1S/C23H23N3O5/c1-24-18-13-26(17-11-10-16(30-4)12-19(17)31-5)21(14-6-8-15(29-3)9-7-14)20(18)22(27)25(2)23(24)28/h6-13H,1-5H3. The summed E-state index contributed by atoms with van der Waals surface area (Å²) >= 11 is 0. The van der Waals surface area contributed by atoms with Crippen LogP contribution in [0.3, 0.4) is 0 Å². The molecular formula is C23H23N3O5. The quantitative estimate of drug-likeness (QED) is 0.495. The molecule has 8 nitrogen and oxygen atoms in total. The van der Waals surface area contributed by atoms with Crippen LogP contribution in [0.4, 0.5) is 0 Å². The summed E-state index contributed by atoms with van der Waals surface area (Å²) in [6.07, 6.45) is 1.78. The first-order valence-electron chi connectivity index (χ1n) is 9.59. The van der Waals surface area contributed by atoms with Crippen LogP contribution in [-0.2, 0) is 14.1 Å². The highest BCUT2D eigenvalue weighted by molar-refractivity contribution is 5.95. The highest BCUT2D eigenvalue weighted by atomic mass is 16.5. The van der Waals surface area contributed by atoms with Gasteiger partial charge in [0, 0.05) is 26.4 Å². The second-order valence-electron chi connectivity index (χ2n) is 7.08. The Morgan fingerprint density at radius 3 is 2.03 bits per heavy atom. The molecule has 0 aliphatic carbocycles. The molecule has 4 rings (SSSR count). The van der Waals surface area contributed by atoms with Gasteiger partial charge < -0.3 is 18.8 Å². The van der Waals surface area contributed by atoms with Gasteiger partial charge in [-0.3, -0.25) is 13.9 Å². The van der Waals surface area contributed by atoms with Crippen molar-refractivity contribution in [3.63, 3.8) is 0 Å². The van der Waals surface area contributed by atoms with Crippen molar-refractivity contribution in [2.75, 3.05) is 21.3 Å². The van der Waals surface area contributed by atoms with E-state index >= 15 is 0 Å². The predicted octanol–water partition coefficient (Wildman–Crippen LogP) is 2.72. The molecule has 0 saturated heterocycles. The second-order valence-corrected chi connectivity index (χ2v) is 7.08. The third-order valence-corrected chi connectivity index (χ3v) is 5.45. The maximum atomic E-state index is 13.2. The Labute approximate surface area is 178 Å². The number of aryl methyl sites for hydroxylation is 1. The normalized spacial score (nSPS) is 11.0. The first-order valence-corrected chi connectivity index (χ1v) is 9.59. The summed E-state index contributed by atoms with van der Waals surface area (Å²) < 4.78 is 20.6. The first-order chi connectivity index (χ1) is 14.9. The lowest BCUT2D eigenvalue weighted by Gasteiger charge is -2.15. The van der Waals surface area contributed by atoms with Gasteiger partial charge in [0.15, 0.2) is 0 Å². The van der Waals surface area contributed by atoms with Gasteiger partial charge in [-0.05, 0) is 42.0 Å². The van der Waals surface area contributed by atoms with E-state index in [1.165, 1.54) is 11.6 Å². The van der Waals surface area contributed by atoms with Gasteiger partial charge in [0.2, 0.25) is 0 Å². The molecule has 0 atom stereocenters. The fourth-order valence-electron chi connectivity index (χ4n) is 3.75. The van der Waals surface area contributed by atoms with E-state index in [0.717, 1.165) is 10.1 Å². The zero-order valence-corrected chi connectivity index (χ0v) is 18.0. The Bertz CT molecular complexity index is 1390. The lowest BCUT2D eigenvalue weighted by molar-refractivity contribution is 0.393. The Balaban J connectivity index is 2.15. The fourth-order valence-corrected chi connectivity index (χ4v) is 3.75. The van der Waals surface area contributed by atoms with Crippen LogP contribution >= 0.6 is 0 Å². The number of ether oxygens (including phenoxy) is 3. The SMILES string of the molecule is COc1ccc(-c2c3c(=O)n(C)c(=O)n(C)c3cn2-c2ccc(OC)cc2OC)cc1. The summed E-state index contributed by atoms with van der Waals surface area (Å²) in [5.74, 6) is 1.91. The van der Waals surface area contributed by atoms with E-state index in [4.69, 9.17) is 14.2 Å². The van der Waals surface area contributed by atoms with Gasteiger partial charge in [0.25, 0.3) is 5.56 Å². The topological polar surface area (TPSA) is 76.6 Å². The predicted molar refractivity (Wildman–Crippen MR) is 119 cm³/mol. The van der Waals surface area contributed by atoms with Crippen LogP contribution in [0.5, 0.6) is 17.2 Å². The Hall–Kier alpha value is -3.94. The molecule has 0 fully saturated rings. The van der Waals surface area contributed by atoms with Gasteiger partial charge in [0.05, 0.1) is 43.6 Å². The van der Waals surface area contributed by atoms with Crippen LogP contribution < -0.4 is 25.5 Å². The van der Waals surface area contributed by atoms with Crippen LogP contribution in [0, 0.1) is 0 Å². The van der Waals surface area contributed by atoms with E-state index in [1.807, 2.05) is 41.0 Å². The minimum Gasteiger partial charge on any atom is -0.497 e. The summed E-state index contributed by atoms with van der Waals surface area (Å²) in [6, 6.07) is 12.9. The van der Waals surface area contributed by atoms with E-state index < -0.39 is 5.69 Å². The Morgan fingerprint density at radius 1 is 0.774 bits per heavy atom. The summed E-state index contributed by atoms with van der Waals surface area (Å²) in [5, 5.41) is 0.438. The fraction of sp³-hybridized carbons (Fsp3) is 0.217. The average molecular weight is 421 g/mol. The number of nitrogens with zero attached hydrogens (tertiary/aromatic N) is 3. The number of methoxy groups -OCH3 is 3. The van der Waals surface area contributed by atoms with E-state index in [-0.39, 0.29) is 5.56 Å². The van der Waals surface area contributed by atoms with Gasteiger partial charge in [-0.2, -0.15) is 0 Å². The summed E-state index contributed by atoms with van der Waals surface area (Å²) in [7, 11) is 7.88. The summed E-state index contributed by atoms with van der Waals surface area (Å²) in [5.41, 5.74) is 1.92. The smallest absolute Gasteiger partial charge is 0.330 e. The van der Waals surface area contributed by atoms with Gasteiger partial charge in [-0.1, -0.05) is 0 Å². The minimum absolute atomic E-state index is 0.366. The number of fused-ring (bicyclic) bond motifs is 1. The number of hydrogen-bond donors (Lipinski definition) is 0. The van der Waals surface area contributed by atoms with Crippen molar-refractivity contribution in [3.05, 3.63) is 69.5 Å². The van der Waals surface area contributed by atoms with Crippen molar-refractivity contribution in [3.8, 4) is 34.2 Å². The molecule has 2 heterocycles. The molecule has 0 aliphatic rings. The third kappa shape index (κ3) is 3.16. The van der Waals surface area contributed by atoms with Gasteiger partial charge in [-0.15, -0.1) is 0 Å². The lowest BCUT2D eigenvalue weighted by atomic mass is 10.1. The molecule has 2 aromatic carbocycles. The van der Waals surface area contributed by atoms with Crippen LogP contribution in [0.1, 0.15) is 0 Å². The number of rotatable bonds is 5. The van der Waals surface area contributed by atoms with Gasteiger partial charge in [-0.25, -0.2) is 4.79 Å². The van der Waals surface area contributed by atoms with Crippen LogP contribution in [0.2, 0.25) is 0 Å². The maximum absolute atomic E-state index is 13.2. The largest absolute Gasteiger partial charge is 0.497 e. The highest BCUT2D eigenvalue weighted by Crippen LogP contribution is 2.36. The first kappa shape index (κ1) is 20.3. The molecule has 0 N–H and O–H groups in total. The number of benzene rings is 2. The molecular weight excluding hydrogens is 398 g/mol. The van der Waals surface area contributed by atoms with E-state index in [9.17, 15) is 9.59 Å². The van der Waals surface area contributed by atoms with Crippen LogP contribution in [0.25, 0.3) is 27.8 Å². The summed E-state index contributed by atoms with van der Waals surface area (Å²) in [6.45, 7) is 0. The zero-order valence-electron chi connectivity index (χ0n) is 18.0. The molecule has 160 valence electrons. The van der Waals surface area contributed by atoms with Crippen molar-refractivity contribution in [1.82, 2.24) is 13.7 Å². The van der Waals surface area contributed by atoms with Gasteiger partial charge in [0.1, 0.15) is 17.2 Å². The maximum Gasteiger partial charge on any atom is 0.330 e. The molecule has 0 aliphatic heterocycles. The van der Waals surface area contributed by atoms with Crippen molar-refractivity contribution in [2.24, 2.45) is 14.1 Å². The molecule has 0 amide bonds. The Morgan fingerprint density at radius 2 is 1.42 bits per heavy atom. The second kappa shape index (κ2) is 7.71.